The third-order valence-corrected chi connectivity index (χ3v) is 7.57. The summed E-state index contributed by atoms with van der Waals surface area (Å²) in [6.45, 7) is 7.47. The number of fused-ring (bicyclic) bond motifs is 1. The summed E-state index contributed by atoms with van der Waals surface area (Å²) in [7, 11) is 0. The van der Waals surface area contributed by atoms with Crippen LogP contribution in [0.5, 0.6) is 5.75 Å². The number of nitrogens with one attached hydrogen (secondary N) is 1. The molecule has 0 saturated carbocycles. The van der Waals surface area contributed by atoms with E-state index >= 15 is 0 Å². The van der Waals surface area contributed by atoms with E-state index in [4.69, 9.17) is 0 Å². The van der Waals surface area contributed by atoms with Crippen molar-refractivity contribution >= 4 is 29.0 Å². The van der Waals surface area contributed by atoms with Crippen LogP contribution < -0.4 is 10.1 Å². The average Bonchev–Trinajstić information content (AvgIpc) is 3.06. The van der Waals surface area contributed by atoms with Crippen molar-refractivity contribution in [2.75, 3.05) is 0 Å². The second-order valence-electron chi connectivity index (χ2n) is 10.4. The zero-order valence-corrected chi connectivity index (χ0v) is 21.1. The van der Waals surface area contributed by atoms with Crippen LogP contribution in [0.4, 0.5) is 31.1 Å². The fraction of sp³-hybridized carbons (Fsp3) is 0.385. The van der Waals surface area contributed by atoms with Gasteiger partial charge >= 0.3 is 12.5 Å². The molecule has 2 aliphatic rings. The summed E-state index contributed by atoms with van der Waals surface area (Å²) < 4.78 is 87.0. The van der Waals surface area contributed by atoms with E-state index in [1.807, 2.05) is 27.7 Å². The van der Waals surface area contributed by atoms with Crippen LogP contribution in [0.3, 0.4) is 0 Å². The number of alkyl halides is 6. The highest BCUT2D eigenvalue weighted by molar-refractivity contribution is 8.18. The number of benzene rings is 2. The van der Waals surface area contributed by atoms with Gasteiger partial charge in [0.1, 0.15) is 5.75 Å². The topological polar surface area (TPSA) is 55.4 Å². The standard InChI is InChI=1S/C26H23F6NO3S/c1-23(2)7-8-24(3,4)18-12-16(25(27,28)29)14(11-17(18)23)15-9-13(5-6-19(15)36-26(30,31)32)10-20-21(34)33-22(35)37-20/h5-6,9-12H,7-8H2,1-4H3,(H,33,34,35)/b20-10-. The van der Waals surface area contributed by atoms with Gasteiger partial charge in [0, 0.05) is 5.56 Å². The number of amides is 2. The molecule has 0 spiro atoms. The molecule has 1 saturated heterocycles. The molecule has 198 valence electrons. The number of hydrogen-bond acceptors (Lipinski definition) is 4. The minimum Gasteiger partial charge on any atom is -0.405 e. The first-order chi connectivity index (χ1) is 16.9. The summed E-state index contributed by atoms with van der Waals surface area (Å²) in [5.74, 6) is -1.52. The molecule has 0 bridgehead atoms. The SMILES string of the molecule is CC1(C)CCC(C)(C)c2cc(C(F)(F)F)c(-c3cc(/C=C4\SC(=O)NC4=O)ccc3OC(F)(F)F)cc21. The fourth-order valence-electron chi connectivity index (χ4n) is 4.71. The maximum atomic E-state index is 14.4. The predicted octanol–water partition coefficient (Wildman–Crippen LogP) is 7.94. The molecule has 1 aliphatic heterocycles. The molecule has 1 fully saturated rings. The number of carbonyl (C=O) groups excluding carboxylic acids is 2. The van der Waals surface area contributed by atoms with Crippen LogP contribution in [0.2, 0.25) is 0 Å². The Morgan fingerprint density at radius 1 is 0.892 bits per heavy atom. The molecule has 2 aromatic carbocycles. The van der Waals surface area contributed by atoms with E-state index in [9.17, 15) is 35.9 Å². The van der Waals surface area contributed by atoms with Crippen LogP contribution in [-0.4, -0.2) is 17.5 Å². The van der Waals surface area contributed by atoms with Crippen molar-refractivity contribution in [2.24, 2.45) is 0 Å². The number of thioether (sulfide) groups is 1. The molecule has 0 atom stereocenters. The first kappa shape index (κ1) is 27.1. The van der Waals surface area contributed by atoms with Crippen LogP contribution in [0, 0.1) is 0 Å². The lowest BCUT2D eigenvalue weighted by Gasteiger charge is -2.42. The molecule has 1 heterocycles. The second-order valence-corrected chi connectivity index (χ2v) is 11.4. The molecule has 1 N–H and O–H groups in total. The maximum absolute atomic E-state index is 14.4. The Morgan fingerprint density at radius 2 is 1.49 bits per heavy atom. The average molecular weight is 544 g/mol. The number of rotatable bonds is 3. The molecule has 0 aromatic heterocycles. The van der Waals surface area contributed by atoms with E-state index in [1.165, 1.54) is 18.2 Å². The number of ether oxygens (including phenoxy) is 1. The number of imide groups is 1. The van der Waals surface area contributed by atoms with Crippen LogP contribution in [-0.2, 0) is 21.8 Å². The predicted molar refractivity (Wildman–Crippen MR) is 128 cm³/mol. The highest BCUT2D eigenvalue weighted by Gasteiger charge is 2.43. The van der Waals surface area contributed by atoms with E-state index in [0.717, 1.165) is 18.2 Å². The van der Waals surface area contributed by atoms with Crippen molar-refractivity contribution in [1.82, 2.24) is 5.32 Å². The minimum atomic E-state index is -5.16. The van der Waals surface area contributed by atoms with Gasteiger partial charge in [-0.3, -0.25) is 14.9 Å². The Kier molecular flexibility index (Phi) is 6.46. The van der Waals surface area contributed by atoms with Crippen molar-refractivity contribution in [3.63, 3.8) is 0 Å². The van der Waals surface area contributed by atoms with Gasteiger partial charge in [0.05, 0.1) is 10.5 Å². The summed E-state index contributed by atoms with van der Waals surface area (Å²) in [6, 6.07) is 5.53. The van der Waals surface area contributed by atoms with E-state index in [0.29, 0.717) is 35.7 Å². The smallest absolute Gasteiger partial charge is 0.405 e. The number of halogens is 6. The van der Waals surface area contributed by atoms with Gasteiger partial charge in [-0.2, -0.15) is 13.2 Å². The summed E-state index contributed by atoms with van der Waals surface area (Å²) >= 11 is 0.580. The zero-order chi connectivity index (χ0) is 27.6. The third-order valence-electron chi connectivity index (χ3n) is 6.76. The van der Waals surface area contributed by atoms with Gasteiger partial charge in [0.15, 0.2) is 0 Å². The normalized spacial score (nSPS) is 20.1. The van der Waals surface area contributed by atoms with Gasteiger partial charge < -0.3 is 4.74 Å². The van der Waals surface area contributed by atoms with Crippen molar-refractivity contribution in [3.8, 4) is 16.9 Å². The van der Waals surface area contributed by atoms with Crippen LogP contribution in [0.15, 0.2) is 35.2 Å². The van der Waals surface area contributed by atoms with Gasteiger partial charge in [-0.25, -0.2) is 0 Å². The largest absolute Gasteiger partial charge is 0.573 e. The van der Waals surface area contributed by atoms with Crippen molar-refractivity contribution < 1.29 is 40.7 Å². The summed E-state index contributed by atoms with van der Waals surface area (Å²) in [5, 5.41) is 1.42. The van der Waals surface area contributed by atoms with Gasteiger partial charge in [-0.1, -0.05) is 33.8 Å². The highest BCUT2D eigenvalue weighted by atomic mass is 32.2. The van der Waals surface area contributed by atoms with Crippen molar-refractivity contribution in [2.45, 2.75) is 63.9 Å². The molecule has 0 unspecified atom stereocenters. The fourth-order valence-corrected chi connectivity index (χ4v) is 5.39. The van der Waals surface area contributed by atoms with Gasteiger partial charge in [-0.15, -0.1) is 13.2 Å². The lowest BCUT2D eigenvalue weighted by Crippen LogP contribution is -2.34. The number of hydrogen-bond donors (Lipinski definition) is 1. The summed E-state index contributed by atoms with van der Waals surface area (Å²) in [4.78, 5) is 23.4. The summed E-state index contributed by atoms with van der Waals surface area (Å²) in [6.07, 6.45) is -7.48. The van der Waals surface area contributed by atoms with Gasteiger partial charge in [0.25, 0.3) is 11.1 Å². The second kappa shape index (κ2) is 8.82. The van der Waals surface area contributed by atoms with Crippen LogP contribution in [0.25, 0.3) is 17.2 Å². The zero-order valence-electron chi connectivity index (χ0n) is 20.3. The Balaban J connectivity index is 2.01. The minimum absolute atomic E-state index is 0.0372. The monoisotopic (exact) mass is 543 g/mol. The molecule has 37 heavy (non-hydrogen) atoms. The van der Waals surface area contributed by atoms with E-state index < -0.39 is 57.0 Å². The van der Waals surface area contributed by atoms with Crippen molar-refractivity contribution in [3.05, 3.63) is 57.5 Å². The molecule has 4 nitrogen and oxygen atoms in total. The van der Waals surface area contributed by atoms with Crippen molar-refractivity contribution in [1.29, 1.82) is 0 Å². The molecule has 1 aliphatic carbocycles. The molecule has 2 aromatic rings. The molecule has 11 heteroatoms. The first-order valence-corrected chi connectivity index (χ1v) is 12.1. The molecule has 0 radical (unpaired) electrons. The molecule has 2 amide bonds. The van der Waals surface area contributed by atoms with E-state index in [2.05, 4.69) is 10.1 Å². The summed E-state index contributed by atoms with van der Waals surface area (Å²) in [5.41, 5.74) is -1.83. The van der Waals surface area contributed by atoms with Gasteiger partial charge in [0.2, 0.25) is 0 Å². The highest BCUT2D eigenvalue weighted by Crippen LogP contribution is 2.51. The first-order valence-electron chi connectivity index (χ1n) is 11.3. The van der Waals surface area contributed by atoms with Crippen LogP contribution >= 0.6 is 11.8 Å². The Morgan fingerprint density at radius 3 is 2.00 bits per heavy atom. The van der Waals surface area contributed by atoms with Gasteiger partial charge in [-0.05, 0) is 88.0 Å². The van der Waals surface area contributed by atoms with Crippen LogP contribution in [0.1, 0.15) is 62.8 Å². The lowest BCUT2D eigenvalue weighted by atomic mass is 9.62. The quantitative estimate of drug-likeness (QED) is 0.315. The van der Waals surface area contributed by atoms with E-state index in [1.54, 1.807) is 0 Å². The Bertz CT molecular complexity index is 1320. The Hall–Kier alpha value is -2.95. The number of carbonyl (C=O) groups is 2. The maximum Gasteiger partial charge on any atom is 0.573 e. The molecule has 4 rings (SSSR count). The Labute approximate surface area is 213 Å². The lowest BCUT2D eigenvalue weighted by molar-refractivity contribution is -0.274. The van der Waals surface area contributed by atoms with E-state index in [-0.39, 0.29) is 10.5 Å². The molecular weight excluding hydrogens is 520 g/mol. The third kappa shape index (κ3) is 5.51. The molecular formula is C26H23F6NO3S.